The van der Waals surface area contributed by atoms with Crippen LogP contribution in [0.25, 0.3) is 10.9 Å². The maximum absolute atomic E-state index is 12.9. The Morgan fingerprint density at radius 1 is 1.14 bits per heavy atom. The molecule has 6 nitrogen and oxygen atoms in total. The summed E-state index contributed by atoms with van der Waals surface area (Å²) in [6.45, 7) is 3.65. The van der Waals surface area contributed by atoms with Crippen LogP contribution < -0.4 is 10.9 Å². The molecule has 0 unspecified atom stereocenters. The molecule has 0 atom stereocenters. The van der Waals surface area contributed by atoms with Gasteiger partial charge in [0.1, 0.15) is 0 Å². The van der Waals surface area contributed by atoms with E-state index in [0.29, 0.717) is 18.7 Å². The maximum atomic E-state index is 12.9. The Hall–Kier alpha value is -2.34. The van der Waals surface area contributed by atoms with Crippen LogP contribution in [0.1, 0.15) is 43.2 Å². The number of hydrogen-bond donors (Lipinski definition) is 2. The van der Waals surface area contributed by atoms with Crippen LogP contribution in [0.5, 0.6) is 0 Å². The molecule has 0 saturated heterocycles. The predicted molar refractivity (Wildman–Crippen MR) is 114 cm³/mol. The quantitative estimate of drug-likeness (QED) is 0.803. The van der Waals surface area contributed by atoms with Crippen molar-refractivity contribution < 1.29 is 4.79 Å². The highest BCUT2D eigenvalue weighted by Gasteiger charge is 2.21. The SMILES string of the molecule is Cc1ccc2cc(CN(CCN(C)C)C(=O)NC3CCCCC3)c(=O)[nH]c2c1. The summed E-state index contributed by atoms with van der Waals surface area (Å²) in [5.41, 5.74) is 2.43. The molecule has 0 spiro atoms. The zero-order chi connectivity index (χ0) is 20.1. The van der Waals surface area contributed by atoms with Crippen LogP contribution in [0, 0.1) is 6.92 Å². The number of nitrogens with one attached hydrogen (secondary N) is 2. The van der Waals surface area contributed by atoms with Gasteiger partial charge < -0.3 is 20.1 Å². The monoisotopic (exact) mass is 384 g/mol. The predicted octanol–water partition coefficient (Wildman–Crippen LogP) is 3.24. The van der Waals surface area contributed by atoms with Crippen LogP contribution in [0.15, 0.2) is 29.1 Å². The summed E-state index contributed by atoms with van der Waals surface area (Å²) < 4.78 is 0. The molecular formula is C22H32N4O2. The van der Waals surface area contributed by atoms with Gasteiger partial charge in [0, 0.05) is 30.2 Å². The van der Waals surface area contributed by atoms with Crippen LogP contribution in [0.3, 0.4) is 0 Å². The minimum Gasteiger partial charge on any atom is -0.335 e. The number of carbonyl (C=O) groups is 1. The van der Waals surface area contributed by atoms with Gasteiger partial charge in [0.2, 0.25) is 0 Å². The number of carbonyl (C=O) groups excluding carboxylic acids is 1. The molecule has 1 aliphatic carbocycles. The number of aromatic amines is 1. The molecule has 1 aromatic carbocycles. The van der Waals surface area contributed by atoms with Crippen molar-refractivity contribution in [2.75, 3.05) is 27.2 Å². The number of likely N-dealkylation sites (N-methyl/N-ethyl adjacent to an activating group) is 1. The smallest absolute Gasteiger partial charge is 0.317 e. The fourth-order valence-electron chi connectivity index (χ4n) is 3.77. The molecule has 1 heterocycles. The molecule has 2 aromatic rings. The third-order valence-electron chi connectivity index (χ3n) is 5.48. The molecule has 2 N–H and O–H groups in total. The number of fused-ring (bicyclic) bond motifs is 1. The standard InChI is InChI=1S/C22H32N4O2/c1-16-9-10-17-14-18(21(27)24-20(17)13-16)15-26(12-11-25(2)3)22(28)23-19-7-5-4-6-8-19/h9-10,13-14,19H,4-8,11-12,15H2,1-3H3,(H,23,28)(H,24,27). The number of H-pyrrole nitrogens is 1. The summed E-state index contributed by atoms with van der Waals surface area (Å²) in [6, 6.07) is 8.10. The largest absolute Gasteiger partial charge is 0.335 e. The highest BCUT2D eigenvalue weighted by atomic mass is 16.2. The van der Waals surface area contributed by atoms with Crippen molar-refractivity contribution in [2.24, 2.45) is 0 Å². The van der Waals surface area contributed by atoms with Crippen molar-refractivity contribution in [2.45, 2.75) is 51.6 Å². The number of amides is 2. The first-order valence-corrected chi connectivity index (χ1v) is 10.2. The Morgan fingerprint density at radius 3 is 2.61 bits per heavy atom. The second-order valence-electron chi connectivity index (χ2n) is 8.22. The lowest BCUT2D eigenvalue weighted by Gasteiger charge is -2.29. The van der Waals surface area contributed by atoms with Gasteiger partial charge in [-0.2, -0.15) is 0 Å². The van der Waals surface area contributed by atoms with Crippen LogP contribution in [-0.4, -0.2) is 54.0 Å². The van der Waals surface area contributed by atoms with Crippen molar-refractivity contribution in [3.05, 3.63) is 45.7 Å². The van der Waals surface area contributed by atoms with Crippen LogP contribution in [0.2, 0.25) is 0 Å². The van der Waals surface area contributed by atoms with E-state index in [4.69, 9.17) is 0 Å². The summed E-state index contributed by atoms with van der Waals surface area (Å²) in [7, 11) is 3.98. The van der Waals surface area contributed by atoms with E-state index < -0.39 is 0 Å². The fraction of sp³-hybridized carbons (Fsp3) is 0.545. The van der Waals surface area contributed by atoms with Gasteiger partial charge >= 0.3 is 6.03 Å². The second-order valence-corrected chi connectivity index (χ2v) is 8.22. The van der Waals surface area contributed by atoms with Crippen molar-refractivity contribution in [3.8, 4) is 0 Å². The molecule has 28 heavy (non-hydrogen) atoms. The molecule has 2 amide bonds. The van der Waals surface area contributed by atoms with Crippen molar-refractivity contribution in [1.29, 1.82) is 0 Å². The number of rotatable bonds is 6. The lowest BCUT2D eigenvalue weighted by atomic mass is 9.96. The Morgan fingerprint density at radius 2 is 1.89 bits per heavy atom. The average molecular weight is 385 g/mol. The third kappa shape index (κ3) is 5.35. The number of aromatic nitrogens is 1. The molecule has 152 valence electrons. The first kappa shape index (κ1) is 20.4. The molecule has 6 heteroatoms. The first-order chi connectivity index (χ1) is 13.4. The fourth-order valence-corrected chi connectivity index (χ4v) is 3.77. The Kier molecular flexibility index (Phi) is 6.73. The number of nitrogens with zero attached hydrogens (tertiary/aromatic N) is 2. The van der Waals surface area contributed by atoms with E-state index in [9.17, 15) is 9.59 Å². The van der Waals surface area contributed by atoms with Gasteiger partial charge in [0.05, 0.1) is 6.54 Å². The number of hydrogen-bond acceptors (Lipinski definition) is 3. The molecule has 0 aliphatic heterocycles. The summed E-state index contributed by atoms with van der Waals surface area (Å²) in [5, 5.41) is 4.17. The van der Waals surface area contributed by atoms with Gasteiger partial charge in [0.15, 0.2) is 0 Å². The van der Waals surface area contributed by atoms with Crippen LogP contribution in [0.4, 0.5) is 4.79 Å². The number of urea groups is 1. The average Bonchev–Trinajstić information content (AvgIpc) is 2.66. The van der Waals surface area contributed by atoms with Crippen molar-refractivity contribution in [1.82, 2.24) is 20.1 Å². The summed E-state index contributed by atoms with van der Waals surface area (Å²) in [6.07, 6.45) is 5.69. The topological polar surface area (TPSA) is 68.4 Å². The van der Waals surface area contributed by atoms with Crippen molar-refractivity contribution in [3.63, 3.8) is 0 Å². The van der Waals surface area contributed by atoms with Gasteiger partial charge in [-0.1, -0.05) is 31.4 Å². The zero-order valence-electron chi connectivity index (χ0n) is 17.3. The molecule has 1 saturated carbocycles. The molecule has 0 bridgehead atoms. The lowest BCUT2D eigenvalue weighted by Crippen LogP contribution is -2.47. The van der Waals surface area contributed by atoms with E-state index in [2.05, 4.69) is 10.3 Å². The third-order valence-corrected chi connectivity index (χ3v) is 5.48. The van der Waals surface area contributed by atoms with Gasteiger partial charge in [-0.15, -0.1) is 0 Å². The molecule has 1 aliphatic rings. The highest BCUT2D eigenvalue weighted by Crippen LogP contribution is 2.18. The lowest BCUT2D eigenvalue weighted by molar-refractivity contribution is 0.181. The van der Waals surface area contributed by atoms with E-state index in [1.165, 1.54) is 19.3 Å². The number of aryl methyl sites for hydroxylation is 1. The van der Waals surface area contributed by atoms with Crippen LogP contribution in [-0.2, 0) is 6.54 Å². The van der Waals surface area contributed by atoms with Gasteiger partial charge in [-0.05, 0) is 56.9 Å². The minimum atomic E-state index is -0.126. The van der Waals surface area contributed by atoms with Gasteiger partial charge in [-0.3, -0.25) is 4.79 Å². The van der Waals surface area contributed by atoms with E-state index in [1.54, 1.807) is 4.90 Å². The minimum absolute atomic E-state index is 0.0721. The van der Waals surface area contributed by atoms with Gasteiger partial charge in [-0.25, -0.2) is 4.79 Å². The summed E-state index contributed by atoms with van der Waals surface area (Å²) >= 11 is 0. The zero-order valence-corrected chi connectivity index (χ0v) is 17.3. The Labute approximate surface area is 166 Å². The Bertz CT molecular complexity index is 868. The Balaban J connectivity index is 1.78. The number of pyridine rings is 1. The first-order valence-electron chi connectivity index (χ1n) is 10.2. The van der Waals surface area contributed by atoms with Crippen molar-refractivity contribution >= 4 is 16.9 Å². The van der Waals surface area contributed by atoms with Crippen LogP contribution >= 0.6 is 0 Å². The highest BCUT2D eigenvalue weighted by molar-refractivity contribution is 5.80. The molecule has 1 aromatic heterocycles. The summed E-state index contributed by atoms with van der Waals surface area (Å²) in [4.78, 5) is 32.3. The normalized spacial score (nSPS) is 15.1. The number of benzene rings is 1. The van der Waals surface area contributed by atoms with E-state index in [1.807, 2.05) is 50.2 Å². The molecule has 0 radical (unpaired) electrons. The summed E-state index contributed by atoms with van der Waals surface area (Å²) in [5.74, 6) is 0. The van der Waals surface area contributed by atoms with E-state index in [-0.39, 0.29) is 17.6 Å². The maximum Gasteiger partial charge on any atom is 0.317 e. The van der Waals surface area contributed by atoms with E-state index in [0.717, 1.165) is 35.9 Å². The molecular weight excluding hydrogens is 352 g/mol. The second kappa shape index (κ2) is 9.24. The van der Waals surface area contributed by atoms with E-state index >= 15 is 0 Å². The van der Waals surface area contributed by atoms with Gasteiger partial charge in [0.25, 0.3) is 5.56 Å². The molecule has 1 fully saturated rings. The molecule has 3 rings (SSSR count).